The average Bonchev–Trinajstić information content (AvgIpc) is 2.37. The van der Waals surface area contributed by atoms with Crippen LogP contribution in [0.1, 0.15) is 11.1 Å². The first-order chi connectivity index (χ1) is 8.93. The number of rotatable bonds is 3. The van der Waals surface area contributed by atoms with Gasteiger partial charge in [-0.2, -0.15) is 29.0 Å². The lowest BCUT2D eigenvalue weighted by Gasteiger charge is -2.20. The Morgan fingerprint density at radius 1 is 1.05 bits per heavy atom. The molecule has 0 aliphatic rings. The molecule has 0 heterocycles. The van der Waals surface area contributed by atoms with Gasteiger partial charge < -0.3 is 4.90 Å². The number of alkyl halides is 3. The molecular weight excluding hydrogens is 257 g/mol. The van der Waals surface area contributed by atoms with Crippen molar-refractivity contribution in [2.24, 2.45) is 0 Å². The molecule has 0 fully saturated rings. The molecule has 0 aliphatic carbocycles. The van der Waals surface area contributed by atoms with Crippen LogP contribution in [0.5, 0.6) is 0 Å². The summed E-state index contributed by atoms with van der Waals surface area (Å²) in [7, 11) is 0. The highest BCUT2D eigenvalue weighted by Gasteiger charge is 2.34. The number of halogens is 3. The Morgan fingerprint density at radius 2 is 1.63 bits per heavy atom. The molecule has 0 spiro atoms. The number of hydrogen-bond acceptors (Lipinski definition) is 4. The summed E-state index contributed by atoms with van der Waals surface area (Å²) in [5.74, 6) is 0. The molecule has 4 nitrogen and oxygen atoms in total. The molecule has 0 bridgehead atoms. The Labute approximate surface area is 107 Å². The number of nitriles is 3. The second-order valence-electron chi connectivity index (χ2n) is 3.51. The molecule has 0 aliphatic heterocycles. The zero-order valence-corrected chi connectivity index (χ0v) is 9.57. The van der Waals surface area contributed by atoms with E-state index in [0.29, 0.717) is 0 Å². The monoisotopic (exact) mass is 264 g/mol. The molecule has 19 heavy (non-hydrogen) atoms. The Kier molecular flexibility index (Phi) is 4.34. The number of nitrogens with zero attached hydrogens (tertiary/aromatic N) is 4. The summed E-state index contributed by atoms with van der Waals surface area (Å²) in [5, 5.41) is 25.8. The first kappa shape index (κ1) is 14.3. The van der Waals surface area contributed by atoms with Crippen molar-refractivity contribution in [2.45, 2.75) is 6.18 Å². The van der Waals surface area contributed by atoms with E-state index in [-0.39, 0.29) is 18.8 Å². The van der Waals surface area contributed by atoms with Crippen LogP contribution in [0.15, 0.2) is 18.2 Å². The highest BCUT2D eigenvalue weighted by molar-refractivity contribution is 5.55. The zero-order valence-electron chi connectivity index (χ0n) is 9.57. The summed E-state index contributed by atoms with van der Waals surface area (Å²) in [4.78, 5) is 1.19. The molecule has 0 amide bonds. The molecule has 0 aromatic heterocycles. The number of hydrogen-bond donors (Lipinski definition) is 0. The third-order valence-corrected chi connectivity index (χ3v) is 2.32. The van der Waals surface area contributed by atoms with Crippen LogP contribution in [0.3, 0.4) is 0 Å². The van der Waals surface area contributed by atoms with Gasteiger partial charge in [-0.05, 0) is 18.2 Å². The molecule has 96 valence electrons. The molecule has 0 saturated heterocycles. The summed E-state index contributed by atoms with van der Waals surface area (Å²) in [5.41, 5.74) is -1.49. The van der Waals surface area contributed by atoms with Crippen molar-refractivity contribution < 1.29 is 13.2 Å². The van der Waals surface area contributed by atoms with Crippen LogP contribution in [0, 0.1) is 34.0 Å². The van der Waals surface area contributed by atoms with Gasteiger partial charge in [-0.15, -0.1) is 0 Å². The van der Waals surface area contributed by atoms with Gasteiger partial charge >= 0.3 is 6.18 Å². The van der Waals surface area contributed by atoms with Crippen LogP contribution in [0.25, 0.3) is 0 Å². The second kappa shape index (κ2) is 5.75. The number of anilines is 1. The van der Waals surface area contributed by atoms with E-state index in [1.165, 1.54) is 17.0 Å². The standard InChI is InChI=1S/C12H7F3N4/c13-12(14,15)11-7-10(2-1-9(11)8-18)19(5-3-16)6-4-17/h1-2,7H,5-6H2. The Morgan fingerprint density at radius 3 is 2.05 bits per heavy atom. The van der Waals surface area contributed by atoms with Crippen molar-refractivity contribution in [1.29, 1.82) is 15.8 Å². The zero-order chi connectivity index (χ0) is 14.5. The van der Waals surface area contributed by atoms with E-state index in [2.05, 4.69) is 0 Å². The van der Waals surface area contributed by atoms with Gasteiger partial charge in [0, 0.05) is 5.69 Å². The molecule has 0 N–H and O–H groups in total. The molecule has 0 radical (unpaired) electrons. The fourth-order valence-corrected chi connectivity index (χ4v) is 1.47. The molecule has 0 saturated carbocycles. The smallest absolute Gasteiger partial charge is 0.345 e. The second-order valence-corrected chi connectivity index (χ2v) is 3.51. The summed E-state index contributed by atoms with van der Waals surface area (Å²) < 4.78 is 38.3. The van der Waals surface area contributed by atoms with E-state index in [0.717, 1.165) is 12.1 Å². The van der Waals surface area contributed by atoms with Crippen LogP contribution in [-0.4, -0.2) is 13.1 Å². The predicted octanol–water partition coefficient (Wildman–Crippen LogP) is 2.43. The highest BCUT2D eigenvalue weighted by Crippen LogP contribution is 2.34. The van der Waals surface area contributed by atoms with Gasteiger partial charge in [-0.1, -0.05) is 0 Å². The topological polar surface area (TPSA) is 74.6 Å². The van der Waals surface area contributed by atoms with Crippen LogP contribution >= 0.6 is 0 Å². The summed E-state index contributed by atoms with van der Waals surface area (Å²) in [6.07, 6.45) is -4.66. The Balaban J connectivity index is 3.29. The normalized spacial score (nSPS) is 10.1. The van der Waals surface area contributed by atoms with E-state index in [1.807, 2.05) is 0 Å². The SMILES string of the molecule is N#CCN(CC#N)c1ccc(C#N)c(C(F)(F)F)c1. The summed E-state index contributed by atoms with van der Waals surface area (Å²) in [6, 6.07) is 8.08. The van der Waals surface area contributed by atoms with Crippen molar-refractivity contribution in [3.8, 4) is 18.2 Å². The first-order valence-electron chi connectivity index (χ1n) is 5.04. The van der Waals surface area contributed by atoms with E-state index in [9.17, 15) is 13.2 Å². The van der Waals surface area contributed by atoms with Gasteiger partial charge in [0.05, 0.1) is 29.3 Å². The van der Waals surface area contributed by atoms with E-state index < -0.39 is 17.3 Å². The first-order valence-corrected chi connectivity index (χ1v) is 5.04. The minimum absolute atomic E-state index is 0.0782. The lowest BCUT2D eigenvalue weighted by molar-refractivity contribution is -0.137. The van der Waals surface area contributed by atoms with Crippen molar-refractivity contribution in [2.75, 3.05) is 18.0 Å². The van der Waals surface area contributed by atoms with E-state index in [1.54, 1.807) is 12.1 Å². The summed E-state index contributed by atoms with van der Waals surface area (Å²) in [6.45, 7) is -0.423. The van der Waals surface area contributed by atoms with E-state index >= 15 is 0 Å². The largest absolute Gasteiger partial charge is 0.417 e. The lowest BCUT2D eigenvalue weighted by atomic mass is 10.1. The fraction of sp³-hybridized carbons (Fsp3) is 0.250. The third kappa shape index (κ3) is 3.37. The van der Waals surface area contributed by atoms with Crippen LogP contribution in [-0.2, 0) is 6.18 Å². The van der Waals surface area contributed by atoms with Crippen molar-refractivity contribution >= 4 is 5.69 Å². The minimum Gasteiger partial charge on any atom is -0.345 e. The third-order valence-electron chi connectivity index (χ3n) is 2.32. The predicted molar refractivity (Wildman–Crippen MR) is 59.6 cm³/mol. The quantitative estimate of drug-likeness (QED) is 0.786. The molecule has 0 unspecified atom stereocenters. The van der Waals surface area contributed by atoms with Crippen molar-refractivity contribution in [1.82, 2.24) is 0 Å². The number of benzene rings is 1. The maximum absolute atomic E-state index is 12.8. The maximum atomic E-state index is 12.8. The van der Waals surface area contributed by atoms with Gasteiger partial charge in [-0.3, -0.25) is 0 Å². The lowest BCUT2D eigenvalue weighted by Crippen LogP contribution is -2.24. The summed E-state index contributed by atoms with van der Waals surface area (Å²) >= 11 is 0. The van der Waals surface area contributed by atoms with E-state index in [4.69, 9.17) is 15.8 Å². The van der Waals surface area contributed by atoms with Crippen LogP contribution < -0.4 is 4.90 Å². The Bertz CT molecular complexity index is 571. The molecule has 7 heteroatoms. The maximum Gasteiger partial charge on any atom is 0.417 e. The van der Waals surface area contributed by atoms with Gasteiger partial charge in [0.25, 0.3) is 0 Å². The van der Waals surface area contributed by atoms with Crippen LogP contribution in [0.2, 0.25) is 0 Å². The molecular formula is C12H7F3N4. The highest BCUT2D eigenvalue weighted by atomic mass is 19.4. The van der Waals surface area contributed by atoms with Gasteiger partial charge in [0.1, 0.15) is 13.1 Å². The van der Waals surface area contributed by atoms with Crippen molar-refractivity contribution in [3.05, 3.63) is 29.3 Å². The molecule has 1 aromatic rings. The average molecular weight is 264 g/mol. The molecule has 0 atom stereocenters. The molecule has 1 rings (SSSR count). The minimum atomic E-state index is -4.66. The fourth-order valence-electron chi connectivity index (χ4n) is 1.47. The van der Waals surface area contributed by atoms with Gasteiger partial charge in [0.15, 0.2) is 0 Å². The van der Waals surface area contributed by atoms with Crippen LogP contribution in [0.4, 0.5) is 18.9 Å². The molecule has 1 aromatic carbocycles. The van der Waals surface area contributed by atoms with Crippen molar-refractivity contribution in [3.63, 3.8) is 0 Å². The van der Waals surface area contributed by atoms with Gasteiger partial charge in [-0.25, -0.2) is 0 Å². The van der Waals surface area contributed by atoms with Gasteiger partial charge in [0.2, 0.25) is 0 Å². The Hall–Kier alpha value is -2.72.